The number of allylic oxidation sites excluding steroid dienone is 3. The lowest BCUT2D eigenvalue weighted by Gasteiger charge is -2.22. The van der Waals surface area contributed by atoms with E-state index in [1.165, 1.54) is 10.4 Å². The van der Waals surface area contributed by atoms with Crippen LogP contribution in [0.3, 0.4) is 0 Å². The molecule has 0 aliphatic carbocycles. The van der Waals surface area contributed by atoms with Gasteiger partial charge in [-0.05, 0) is 66.6 Å². The van der Waals surface area contributed by atoms with Crippen molar-refractivity contribution in [3.63, 3.8) is 0 Å². The molecule has 0 radical (unpaired) electrons. The molecule has 0 spiro atoms. The Bertz CT molecular complexity index is 1040. The normalized spacial score (nSPS) is 18.8. The fourth-order valence-corrected chi connectivity index (χ4v) is 5.49. The Hall–Kier alpha value is -2.02. The minimum absolute atomic E-state index is 0.194. The highest BCUT2D eigenvalue weighted by atomic mass is 79.9. The third-order valence-corrected chi connectivity index (χ3v) is 7.38. The molecular formula is C23H24BrNO3S. The summed E-state index contributed by atoms with van der Waals surface area (Å²) in [6.07, 6.45) is 4.47. The summed E-state index contributed by atoms with van der Waals surface area (Å²) in [5.41, 5.74) is 2.87. The molecule has 0 bridgehead atoms. The van der Waals surface area contributed by atoms with Gasteiger partial charge in [0.05, 0.1) is 10.9 Å². The Morgan fingerprint density at radius 1 is 1.07 bits per heavy atom. The number of hydrogen-bond acceptors (Lipinski definition) is 3. The molecule has 1 heterocycles. The van der Waals surface area contributed by atoms with E-state index >= 15 is 0 Å². The molecule has 1 aliphatic rings. The highest BCUT2D eigenvalue weighted by Crippen LogP contribution is 2.28. The van der Waals surface area contributed by atoms with Gasteiger partial charge in [0.1, 0.15) is 0 Å². The summed E-state index contributed by atoms with van der Waals surface area (Å²) in [7, 11) is -3.70. The molecule has 2 aromatic carbocycles. The molecule has 6 heteroatoms. The number of sulfonamides is 1. The van der Waals surface area contributed by atoms with Gasteiger partial charge in [0.15, 0.2) is 5.78 Å². The lowest BCUT2D eigenvalue weighted by atomic mass is 10.0. The van der Waals surface area contributed by atoms with Crippen molar-refractivity contribution in [1.29, 1.82) is 0 Å². The first-order valence-electron chi connectivity index (χ1n) is 9.53. The van der Waals surface area contributed by atoms with Crippen LogP contribution in [0.25, 0.3) is 5.57 Å². The van der Waals surface area contributed by atoms with E-state index in [4.69, 9.17) is 0 Å². The third kappa shape index (κ3) is 4.94. The van der Waals surface area contributed by atoms with Crippen LogP contribution in [0, 0.1) is 6.92 Å². The summed E-state index contributed by atoms with van der Waals surface area (Å²) in [6, 6.07) is 15.8. The van der Waals surface area contributed by atoms with Crippen LogP contribution < -0.4 is 0 Å². The largest absolute Gasteiger partial charge is 0.293 e. The van der Waals surface area contributed by atoms with Crippen LogP contribution in [0.5, 0.6) is 0 Å². The van der Waals surface area contributed by atoms with Crippen molar-refractivity contribution in [2.75, 3.05) is 6.54 Å². The number of rotatable bonds is 6. The van der Waals surface area contributed by atoms with Crippen molar-refractivity contribution in [2.45, 2.75) is 37.6 Å². The van der Waals surface area contributed by atoms with E-state index < -0.39 is 16.1 Å². The van der Waals surface area contributed by atoms with Crippen LogP contribution in [0.2, 0.25) is 0 Å². The summed E-state index contributed by atoms with van der Waals surface area (Å²) in [5, 5.41) is 0. The number of carbonyl (C=O) groups excluding carboxylic acids is 1. The number of halogens is 1. The Morgan fingerprint density at radius 3 is 2.34 bits per heavy atom. The standard InChI is InChI=1S/C23H24BrNO3S/c1-17-10-12-20(13-11-17)29(27,28)25-16-6-9-22(25)23(26)15-14-21(18(2)24)19-7-4-3-5-8-19/h3-5,7-8,10-15,22H,6,9,16H2,1-2H3/b15-14+,21-18-. The number of nitrogens with zero attached hydrogens (tertiary/aromatic N) is 1. The molecule has 2 aromatic rings. The fourth-order valence-electron chi connectivity index (χ4n) is 3.46. The van der Waals surface area contributed by atoms with Crippen molar-refractivity contribution >= 4 is 37.3 Å². The average Bonchev–Trinajstić information content (AvgIpc) is 3.20. The second-order valence-corrected chi connectivity index (χ2v) is 10.2. The quantitative estimate of drug-likeness (QED) is 0.433. The molecule has 152 valence electrons. The topological polar surface area (TPSA) is 54.5 Å². The van der Waals surface area contributed by atoms with Gasteiger partial charge in [-0.2, -0.15) is 4.31 Å². The van der Waals surface area contributed by atoms with Gasteiger partial charge in [0.2, 0.25) is 10.0 Å². The van der Waals surface area contributed by atoms with Gasteiger partial charge in [-0.25, -0.2) is 8.42 Å². The third-order valence-electron chi connectivity index (χ3n) is 5.03. The van der Waals surface area contributed by atoms with E-state index in [0.717, 1.165) is 21.2 Å². The molecule has 0 amide bonds. The molecule has 0 saturated carbocycles. The molecule has 29 heavy (non-hydrogen) atoms. The molecule has 3 rings (SSSR count). The second-order valence-electron chi connectivity index (χ2n) is 7.14. The number of hydrogen-bond donors (Lipinski definition) is 0. The van der Waals surface area contributed by atoms with Crippen molar-refractivity contribution < 1.29 is 13.2 Å². The van der Waals surface area contributed by atoms with Crippen LogP contribution >= 0.6 is 15.9 Å². The number of ketones is 1. The van der Waals surface area contributed by atoms with E-state index in [0.29, 0.717) is 19.4 Å². The predicted octanol–water partition coefficient (Wildman–Crippen LogP) is 5.10. The van der Waals surface area contributed by atoms with Crippen molar-refractivity contribution in [3.05, 3.63) is 82.4 Å². The number of carbonyl (C=O) groups is 1. The lowest BCUT2D eigenvalue weighted by molar-refractivity contribution is -0.117. The Morgan fingerprint density at radius 2 is 1.72 bits per heavy atom. The number of aryl methyl sites for hydroxylation is 1. The maximum absolute atomic E-state index is 13.1. The Kier molecular flexibility index (Phi) is 6.88. The maximum Gasteiger partial charge on any atom is 0.243 e. The number of benzene rings is 2. The first-order chi connectivity index (χ1) is 13.8. The van der Waals surface area contributed by atoms with Crippen molar-refractivity contribution in [1.82, 2.24) is 4.31 Å². The van der Waals surface area contributed by atoms with Gasteiger partial charge in [-0.3, -0.25) is 4.79 Å². The first-order valence-corrected chi connectivity index (χ1v) is 11.8. The summed E-state index contributed by atoms with van der Waals surface area (Å²) >= 11 is 3.50. The molecule has 1 saturated heterocycles. The SMILES string of the molecule is C/C(Br)=C(\C=C\C(=O)C1CCCN1S(=O)(=O)c1ccc(C)cc1)c1ccccc1. The van der Waals surface area contributed by atoms with Crippen molar-refractivity contribution in [3.8, 4) is 0 Å². The van der Waals surface area contributed by atoms with Gasteiger partial charge >= 0.3 is 0 Å². The van der Waals surface area contributed by atoms with Gasteiger partial charge in [-0.15, -0.1) is 0 Å². The second kappa shape index (κ2) is 9.20. The van der Waals surface area contributed by atoms with E-state index in [2.05, 4.69) is 15.9 Å². The molecule has 1 aliphatic heterocycles. The smallest absolute Gasteiger partial charge is 0.243 e. The van der Waals surface area contributed by atoms with E-state index in [9.17, 15) is 13.2 Å². The Labute approximate surface area is 181 Å². The van der Waals surface area contributed by atoms with Gasteiger partial charge in [0.25, 0.3) is 0 Å². The fraction of sp³-hybridized carbons (Fsp3) is 0.261. The van der Waals surface area contributed by atoms with Crippen LogP contribution in [0.1, 0.15) is 30.9 Å². The molecule has 4 nitrogen and oxygen atoms in total. The van der Waals surface area contributed by atoms with Gasteiger partial charge in [0, 0.05) is 6.54 Å². The zero-order valence-corrected chi connectivity index (χ0v) is 18.9. The zero-order chi connectivity index (χ0) is 21.0. The average molecular weight is 474 g/mol. The maximum atomic E-state index is 13.1. The van der Waals surface area contributed by atoms with Crippen LogP contribution in [0.4, 0.5) is 0 Å². The van der Waals surface area contributed by atoms with E-state index in [1.54, 1.807) is 30.3 Å². The summed E-state index contributed by atoms with van der Waals surface area (Å²) < 4.78 is 28.4. The first kappa shape index (κ1) is 21.7. The summed E-state index contributed by atoms with van der Waals surface area (Å²) in [5.74, 6) is -0.194. The minimum atomic E-state index is -3.70. The van der Waals surface area contributed by atoms with Crippen LogP contribution in [-0.4, -0.2) is 31.1 Å². The molecule has 1 unspecified atom stereocenters. The van der Waals surface area contributed by atoms with Gasteiger partial charge < -0.3 is 0 Å². The Balaban J connectivity index is 1.84. The molecule has 0 N–H and O–H groups in total. The van der Waals surface area contributed by atoms with E-state index in [1.807, 2.05) is 44.2 Å². The minimum Gasteiger partial charge on any atom is -0.293 e. The lowest BCUT2D eigenvalue weighted by Crippen LogP contribution is -2.39. The highest BCUT2D eigenvalue weighted by molar-refractivity contribution is 9.11. The predicted molar refractivity (Wildman–Crippen MR) is 120 cm³/mol. The van der Waals surface area contributed by atoms with Crippen LogP contribution in [-0.2, 0) is 14.8 Å². The van der Waals surface area contributed by atoms with Crippen LogP contribution in [0.15, 0.2) is 76.1 Å². The van der Waals surface area contributed by atoms with E-state index in [-0.39, 0.29) is 10.7 Å². The van der Waals surface area contributed by atoms with Gasteiger partial charge in [-0.1, -0.05) is 64.0 Å². The molecular weight excluding hydrogens is 450 g/mol. The molecule has 1 atom stereocenters. The van der Waals surface area contributed by atoms with Crippen molar-refractivity contribution in [2.24, 2.45) is 0 Å². The monoisotopic (exact) mass is 473 g/mol. The summed E-state index contributed by atoms with van der Waals surface area (Å²) in [4.78, 5) is 13.1. The summed E-state index contributed by atoms with van der Waals surface area (Å²) in [6.45, 7) is 4.19. The highest BCUT2D eigenvalue weighted by Gasteiger charge is 2.38. The molecule has 0 aromatic heterocycles. The zero-order valence-electron chi connectivity index (χ0n) is 16.5. The molecule has 1 fully saturated rings.